The van der Waals surface area contributed by atoms with Gasteiger partial charge in [0.25, 0.3) is 0 Å². The minimum atomic E-state index is -0.618. The highest BCUT2D eigenvalue weighted by Gasteiger charge is 2.52. The molecule has 0 unspecified atom stereocenters. The summed E-state index contributed by atoms with van der Waals surface area (Å²) in [5.41, 5.74) is 19.4. The van der Waals surface area contributed by atoms with Gasteiger partial charge in [0.2, 0.25) is 0 Å². The van der Waals surface area contributed by atoms with Crippen LogP contribution in [0.15, 0.2) is 229 Å². The van der Waals surface area contributed by atoms with Crippen LogP contribution in [0.25, 0.3) is 76.9 Å². The lowest BCUT2D eigenvalue weighted by molar-refractivity contribution is 0.447. The second kappa shape index (κ2) is 13.9. The monoisotopic (exact) mass is 881 g/mol. The highest BCUT2D eigenvalue weighted by atomic mass is 16.5. The van der Waals surface area contributed by atoms with E-state index < -0.39 is 5.41 Å². The Balaban J connectivity index is 0.928. The number of para-hydroxylation sites is 1. The van der Waals surface area contributed by atoms with Crippen LogP contribution in [0, 0.1) is 0 Å². The summed E-state index contributed by atoms with van der Waals surface area (Å²) < 4.78 is 13.6. The van der Waals surface area contributed by atoms with Crippen molar-refractivity contribution < 1.29 is 9.15 Å². The quantitative estimate of drug-likeness (QED) is 0.176. The molecule has 1 spiro atoms. The van der Waals surface area contributed by atoms with Gasteiger partial charge in [0.15, 0.2) is 0 Å². The van der Waals surface area contributed by atoms with Crippen LogP contribution in [0.1, 0.15) is 47.2 Å². The van der Waals surface area contributed by atoms with E-state index in [-0.39, 0.29) is 5.41 Å². The zero-order chi connectivity index (χ0) is 45.6. The van der Waals surface area contributed by atoms with Crippen LogP contribution in [0.2, 0.25) is 0 Å². The van der Waals surface area contributed by atoms with Crippen LogP contribution >= 0.6 is 0 Å². The number of rotatable bonds is 4. The fourth-order valence-electron chi connectivity index (χ4n) is 12.6. The van der Waals surface area contributed by atoms with Crippen molar-refractivity contribution >= 4 is 60.5 Å². The van der Waals surface area contributed by atoms with Crippen molar-refractivity contribution in [2.45, 2.75) is 24.7 Å². The molecule has 69 heavy (non-hydrogen) atoms. The molecule has 2 aliphatic carbocycles. The number of ether oxygens (including phenoxy) is 1. The minimum absolute atomic E-state index is 0.144. The van der Waals surface area contributed by atoms with Crippen molar-refractivity contribution in [3.05, 3.63) is 258 Å². The van der Waals surface area contributed by atoms with E-state index in [9.17, 15) is 0 Å². The molecule has 15 rings (SSSR count). The van der Waals surface area contributed by atoms with Crippen molar-refractivity contribution in [2.24, 2.45) is 0 Å². The SMILES string of the molecule is CC1(C)c2ccccc2-c2ccc(N(c3ccc(-c4cccc5c4-c4ccccc4C54c5ccc6ccccc6c5Oc5c4ccc4ccccc54)cc3)c3ccc4oc5ccccc5c4c3)cc21. The Labute approximate surface area is 400 Å². The molecule has 12 aromatic rings. The van der Waals surface area contributed by atoms with Crippen molar-refractivity contribution in [1.29, 1.82) is 0 Å². The zero-order valence-electron chi connectivity index (χ0n) is 38.1. The molecule has 0 N–H and O–H groups in total. The second-order valence-corrected chi connectivity index (χ2v) is 19.5. The van der Waals surface area contributed by atoms with Crippen LogP contribution in [0.4, 0.5) is 17.1 Å². The third-order valence-electron chi connectivity index (χ3n) is 15.7. The van der Waals surface area contributed by atoms with E-state index in [2.05, 4.69) is 237 Å². The lowest BCUT2D eigenvalue weighted by Crippen LogP contribution is -2.32. The van der Waals surface area contributed by atoms with Crippen molar-refractivity contribution in [3.63, 3.8) is 0 Å². The van der Waals surface area contributed by atoms with Gasteiger partial charge >= 0.3 is 0 Å². The first-order valence-corrected chi connectivity index (χ1v) is 24.0. The van der Waals surface area contributed by atoms with Gasteiger partial charge in [-0.2, -0.15) is 0 Å². The summed E-state index contributed by atoms with van der Waals surface area (Å²) in [4.78, 5) is 2.41. The summed E-state index contributed by atoms with van der Waals surface area (Å²) in [5.74, 6) is 1.85. The third kappa shape index (κ3) is 5.17. The van der Waals surface area contributed by atoms with Crippen LogP contribution < -0.4 is 9.64 Å². The summed E-state index contributed by atoms with van der Waals surface area (Å²) in [6, 6.07) is 82.5. The smallest absolute Gasteiger partial charge is 0.140 e. The van der Waals surface area contributed by atoms with E-state index in [0.717, 1.165) is 77.6 Å². The fourth-order valence-corrected chi connectivity index (χ4v) is 12.6. The van der Waals surface area contributed by atoms with E-state index in [1.807, 2.05) is 6.07 Å². The number of anilines is 3. The topological polar surface area (TPSA) is 25.6 Å². The molecule has 2 heterocycles. The van der Waals surface area contributed by atoms with Gasteiger partial charge in [-0.25, -0.2) is 0 Å². The molecular formula is C66H43NO2. The van der Waals surface area contributed by atoms with Gasteiger partial charge in [0, 0.05) is 55.1 Å². The molecule has 3 nitrogen and oxygen atoms in total. The van der Waals surface area contributed by atoms with Crippen LogP contribution in [-0.4, -0.2) is 0 Å². The molecule has 3 heteroatoms. The molecule has 0 bridgehead atoms. The van der Waals surface area contributed by atoms with Crippen molar-refractivity contribution in [3.8, 4) is 44.9 Å². The Kier molecular flexibility index (Phi) is 7.77. The number of fused-ring (bicyclic) bond motifs is 19. The van der Waals surface area contributed by atoms with E-state index in [1.54, 1.807) is 0 Å². The van der Waals surface area contributed by atoms with Gasteiger partial charge in [-0.1, -0.05) is 190 Å². The molecule has 3 aliphatic rings. The summed E-state index contributed by atoms with van der Waals surface area (Å²) in [6.45, 7) is 4.71. The highest BCUT2D eigenvalue weighted by Crippen LogP contribution is 2.65. The van der Waals surface area contributed by atoms with E-state index >= 15 is 0 Å². The summed E-state index contributed by atoms with van der Waals surface area (Å²) in [7, 11) is 0. The van der Waals surface area contributed by atoms with Crippen molar-refractivity contribution in [2.75, 3.05) is 4.90 Å². The fraction of sp³-hybridized carbons (Fsp3) is 0.0606. The molecule has 1 aromatic heterocycles. The average molecular weight is 882 g/mol. The van der Waals surface area contributed by atoms with Gasteiger partial charge in [-0.3, -0.25) is 0 Å². The average Bonchev–Trinajstić information content (AvgIpc) is 4.00. The van der Waals surface area contributed by atoms with Gasteiger partial charge in [0.1, 0.15) is 22.7 Å². The van der Waals surface area contributed by atoms with Crippen LogP contribution in [0.3, 0.4) is 0 Å². The maximum Gasteiger partial charge on any atom is 0.140 e. The first kappa shape index (κ1) is 38.4. The summed E-state index contributed by atoms with van der Waals surface area (Å²) in [6.07, 6.45) is 0. The maximum absolute atomic E-state index is 7.23. The Morgan fingerprint density at radius 1 is 0.348 bits per heavy atom. The number of furan rings is 1. The Bertz CT molecular complexity index is 4070. The number of benzene rings is 11. The molecule has 0 amide bonds. The highest BCUT2D eigenvalue weighted by molar-refractivity contribution is 6.07. The predicted octanol–water partition coefficient (Wildman–Crippen LogP) is 17.8. The van der Waals surface area contributed by atoms with Gasteiger partial charge < -0.3 is 14.1 Å². The van der Waals surface area contributed by atoms with Gasteiger partial charge in [0.05, 0.1) is 5.41 Å². The van der Waals surface area contributed by atoms with E-state index in [4.69, 9.17) is 9.15 Å². The van der Waals surface area contributed by atoms with Gasteiger partial charge in [-0.05, 0) is 115 Å². The summed E-state index contributed by atoms with van der Waals surface area (Å²) in [5, 5.41) is 6.77. The first-order valence-electron chi connectivity index (χ1n) is 24.0. The minimum Gasteiger partial charge on any atom is -0.456 e. The normalized spacial score (nSPS) is 14.3. The Morgan fingerprint density at radius 2 is 0.899 bits per heavy atom. The first-order chi connectivity index (χ1) is 34.0. The molecule has 0 saturated carbocycles. The van der Waals surface area contributed by atoms with Crippen molar-refractivity contribution in [1.82, 2.24) is 0 Å². The number of hydrogen-bond donors (Lipinski definition) is 0. The predicted molar refractivity (Wildman–Crippen MR) is 284 cm³/mol. The maximum atomic E-state index is 7.23. The molecular weight excluding hydrogens is 839 g/mol. The van der Waals surface area contributed by atoms with E-state index in [0.29, 0.717) is 0 Å². The molecule has 0 radical (unpaired) electrons. The zero-order valence-corrected chi connectivity index (χ0v) is 38.1. The standard InChI is InChI=1S/C66H43NO2/c1-65(2)54-22-10-7-18-49(54)50-34-32-45(39-59(50)65)67(44-33-37-61-53(38-44)51-19-9-12-25-60(51)68-61)43-30-26-42(27-31-43)46-21-13-24-56-62(46)52-20-8-11-23-55(52)66(56)57-35-28-40-14-3-5-16-47(40)63(57)69-64-48-17-6-4-15-41(48)29-36-58(64)66/h3-39H,1-2H3. The molecule has 0 atom stereocenters. The number of nitrogens with zero attached hydrogens (tertiary/aromatic N) is 1. The third-order valence-corrected chi connectivity index (χ3v) is 15.7. The largest absolute Gasteiger partial charge is 0.456 e. The Hall–Kier alpha value is -8.66. The molecule has 0 saturated heterocycles. The lowest BCUT2D eigenvalue weighted by Gasteiger charge is -2.40. The molecule has 0 fully saturated rings. The van der Waals surface area contributed by atoms with Crippen LogP contribution in [-0.2, 0) is 10.8 Å². The lowest BCUT2D eigenvalue weighted by atomic mass is 9.65. The summed E-state index contributed by atoms with van der Waals surface area (Å²) >= 11 is 0. The van der Waals surface area contributed by atoms with E-state index in [1.165, 1.54) is 61.2 Å². The van der Waals surface area contributed by atoms with Gasteiger partial charge in [-0.15, -0.1) is 0 Å². The van der Waals surface area contributed by atoms with Crippen LogP contribution in [0.5, 0.6) is 11.5 Å². The molecule has 1 aliphatic heterocycles. The Morgan fingerprint density at radius 3 is 1.65 bits per heavy atom. The second-order valence-electron chi connectivity index (χ2n) is 19.5. The molecule has 11 aromatic carbocycles. The number of hydrogen-bond acceptors (Lipinski definition) is 3. The molecule has 324 valence electrons.